The number of nitriles is 1. The first-order valence-corrected chi connectivity index (χ1v) is 8.80. The zero-order valence-electron chi connectivity index (χ0n) is 12.7. The van der Waals surface area contributed by atoms with E-state index in [9.17, 15) is 10.1 Å². The topological polar surface area (TPSA) is 44.1 Å². The molecule has 1 aliphatic heterocycles. The number of nitrogens with zero attached hydrogens (tertiary/aromatic N) is 2. The third-order valence-corrected chi connectivity index (χ3v) is 6.52. The number of hydrogen-bond acceptors (Lipinski definition) is 2. The molecule has 1 saturated heterocycles. The Kier molecular flexibility index (Phi) is 4.29. The maximum absolute atomic E-state index is 13.0. The molecule has 6 heteroatoms. The lowest BCUT2D eigenvalue weighted by Crippen LogP contribution is -2.64. The molecule has 122 valence electrons. The summed E-state index contributed by atoms with van der Waals surface area (Å²) in [6.07, 6.45) is 1.71. The SMILES string of the molecule is C[C@@H](c1ccccc1)N1C(=O)C(Cl)(Cl)[C@H]2C[C@@H]1CC[C@]2(Cl)C#N. The number of halogens is 3. The van der Waals surface area contributed by atoms with E-state index >= 15 is 0 Å². The largest absolute Gasteiger partial charge is 0.330 e. The fourth-order valence-electron chi connectivity index (χ4n) is 3.82. The highest BCUT2D eigenvalue weighted by Gasteiger charge is 2.62. The normalized spacial score (nSPS) is 33.9. The molecule has 4 atom stereocenters. The Morgan fingerprint density at radius 3 is 2.57 bits per heavy atom. The summed E-state index contributed by atoms with van der Waals surface area (Å²) >= 11 is 19.3. The second-order valence-corrected chi connectivity index (χ2v) is 8.44. The summed E-state index contributed by atoms with van der Waals surface area (Å²) in [5.41, 5.74) is 1.03. The van der Waals surface area contributed by atoms with Crippen LogP contribution < -0.4 is 0 Å². The molecule has 2 aliphatic rings. The summed E-state index contributed by atoms with van der Waals surface area (Å²) in [6, 6.07) is 11.8. The third kappa shape index (κ3) is 2.61. The van der Waals surface area contributed by atoms with Crippen LogP contribution in [0.4, 0.5) is 0 Å². The molecule has 0 aromatic heterocycles. The Labute approximate surface area is 151 Å². The van der Waals surface area contributed by atoms with Crippen LogP contribution in [0.15, 0.2) is 30.3 Å². The second-order valence-electron chi connectivity index (χ2n) is 6.38. The molecule has 0 N–H and O–H groups in total. The number of carbonyl (C=O) groups excluding carboxylic acids is 1. The van der Waals surface area contributed by atoms with Crippen molar-refractivity contribution < 1.29 is 4.79 Å². The number of hydrogen-bond donors (Lipinski definition) is 0. The Morgan fingerprint density at radius 1 is 1.30 bits per heavy atom. The van der Waals surface area contributed by atoms with E-state index in [0.717, 1.165) is 5.56 Å². The van der Waals surface area contributed by atoms with Gasteiger partial charge in [0.15, 0.2) is 0 Å². The molecule has 0 radical (unpaired) electrons. The summed E-state index contributed by atoms with van der Waals surface area (Å²) in [5, 5.41) is 9.41. The van der Waals surface area contributed by atoms with E-state index in [4.69, 9.17) is 34.8 Å². The minimum Gasteiger partial charge on any atom is -0.330 e. The van der Waals surface area contributed by atoms with E-state index in [-0.39, 0.29) is 18.0 Å². The first-order valence-electron chi connectivity index (χ1n) is 7.67. The zero-order valence-corrected chi connectivity index (χ0v) is 14.9. The smallest absolute Gasteiger partial charge is 0.260 e. The number of fused-ring (bicyclic) bond motifs is 2. The monoisotopic (exact) mass is 370 g/mol. The zero-order chi connectivity index (χ0) is 16.8. The Balaban J connectivity index is 1.97. The van der Waals surface area contributed by atoms with Crippen LogP contribution in [-0.2, 0) is 4.79 Å². The van der Waals surface area contributed by atoms with E-state index in [1.54, 1.807) is 4.90 Å². The number of likely N-dealkylation sites (tertiary alicyclic amines) is 1. The van der Waals surface area contributed by atoms with Crippen molar-refractivity contribution in [2.24, 2.45) is 5.92 Å². The standard InChI is InChI=1S/C17H17Cl3N2O/c1-11(12-5-3-2-4-6-12)22-13-7-8-16(18,10-21)14(9-13)17(19,20)15(22)23/h2-6,11,13-14H,7-9H2,1H3/t11-,13-,14-,16-/m0/s1. The van der Waals surface area contributed by atoms with Gasteiger partial charge in [0, 0.05) is 12.0 Å². The van der Waals surface area contributed by atoms with E-state index in [2.05, 4.69) is 6.07 Å². The lowest BCUT2D eigenvalue weighted by molar-refractivity contribution is -0.145. The van der Waals surface area contributed by atoms with Gasteiger partial charge in [0.25, 0.3) is 5.91 Å². The maximum Gasteiger partial charge on any atom is 0.260 e. The molecule has 1 heterocycles. The lowest BCUT2D eigenvalue weighted by Gasteiger charge is -2.54. The van der Waals surface area contributed by atoms with Gasteiger partial charge in [-0.15, -0.1) is 11.6 Å². The lowest BCUT2D eigenvalue weighted by atomic mass is 9.71. The minimum atomic E-state index is -1.67. The van der Waals surface area contributed by atoms with E-state index in [1.165, 1.54) is 0 Å². The van der Waals surface area contributed by atoms with E-state index in [1.807, 2.05) is 37.3 Å². The average molecular weight is 372 g/mol. The van der Waals surface area contributed by atoms with Gasteiger partial charge in [-0.1, -0.05) is 53.5 Å². The molecule has 0 spiro atoms. The van der Waals surface area contributed by atoms with Crippen molar-refractivity contribution >= 4 is 40.7 Å². The highest BCUT2D eigenvalue weighted by molar-refractivity contribution is 6.59. The minimum absolute atomic E-state index is 0.00792. The number of benzene rings is 1. The van der Waals surface area contributed by atoms with Crippen molar-refractivity contribution in [1.29, 1.82) is 5.26 Å². The molecule has 2 bridgehead atoms. The highest BCUT2D eigenvalue weighted by Crippen LogP contribution is 2.55. The molecular weight excluding hydrogens is 355 g/mol. The number of carbonyl (C=O) groups is 1. The van der Waals surface area contributed by atoms with Gasteiger partial charge in [0.05, 0.1) is 12.1 Å². The van der Waals surface area contributed by atoms with Gasteiger partial charge < -0.3 is 4.90 Å². The van der Waals surface area contributed by atoms with Crippen molar-refractivity contribution in [2.45, 2.75) is 47.5 Å². The van der Waals surface area contributed by atoms with Crippen LogP contribution in [0.2, 0.25) is 0 Å². The van der Waals surface area contributed by atoms with Crippen LogP contribution in [0, 0.1) is 17.2 Å². The summed E-state index contributed by atoms with van der Waals surface area (Å²) in [6.45, 7) is 1.98. The van der Waals surface area contributed by atoms with Crippen molar-refractivity contribution in [3.05, 3.63) is 35.9 Å². The van der Waals surface area contributed by atoms with Crippen molar-refractivity contribution in [3.8, 4) is 6.07 Å². The number of piperidine rings is 1. The molecule has 1 aliphatic carbocycles. The molecule has 1 amide bonds. The van der Waals surface area contributed by atoms with E-state index in [0.29, 0.717) is 19.3 Å². The molecular formula is C17H17Cl3N2O. The quantitative estimate of drug-likeness (QED) is 0.722. The summed E-state index contributed by atoms with van der Waals surface area (Å²) in [4.78, 5) is 13.6. The molecule has 3 rings (SSSR count). The van der Waals surface area contributed by atoms with Crippen LogP contribution in [0.1, 0.15) is 37.8 Å². The maximum atomic E-state index is 13.0. The van der Waals surface area contributed by atoms with Gasteiger partial charge in [-0.3, -0.25) is 4.79 Å². The second kappa shape index (κ2) is 5.84. The van der Waals surface area contributed by atoms with Crippen LogP contribution in [0.25, 0.3) is 0 Å². The Morgan fingerprint density at radius 2 is 1.96 bits per heavy atom. The summed E-state index contributed by atoms with van der Waals surface area (Å²) in [7, 11) is 0. The summed E-state index contributed by atoms with van der Waals surface area (Å²) < 4.78 is -1.67. The van der Waals surface area contributed by atoms with Gasteiger partial charge in [-0.25, -0.2) is 0 Å². The molecule has 1 aromatic rings. The first kappa shape index (κ1) is 16.9. The van der Waals surface area contributed by atoms with Gasteiger partial charge >= 0.3 is 0 Å². The Hall–Kier alpha value is -0.950. The molecule has 2 fully saturated rings. The van der Waals surface area contributed by atoms with E-state index < -0.39 is 15.1 Å². The van der Waals surface area contributed by atoms with Crippen LogP contribution in [0.5, 0.6) is 0 Å². The molecule has 1 saturated carbocycles. The van der Waals surface area contributed by atoms with Gasteiger partial charge in [-0.05, 0) is 31.7 Å². The average Bonchev–Trinajstić information content (AvgIpc) is 2.56. The Bertz CT molecular complexity index is 658. The van der Waals surface area contributed by atoms with Crippen molar-refractivity contribution in [1.82, 2.24) is 4.90 Å². The van der Waals surface area contributed by atoms with Gasteiger partial charge in [0.1, 0.15) is 4.87 Å². The van der Waals surface area contributed by atoms with Crippen molar-refractivity contribution in [2.75, 3.05) is 0 Å². The first-order chi connectivity index (χ1) is 10.8. The molecule has 23 heavy (non-hydrogen) atoms. The molecule has 3 nitrogen and oxygen atoms in total. The summed E-state index contributed by atoms with van der Waals surface area (Å²) in [5.74, 6) is -0.908. The van der Waals surface area contributed by atoms with Crippen LogP contribution in [0.3, 0.4) is 0 Å². The van der Waals surface area contributed by atoms with Gasteiger partial charge in [0.2, 0.25) is 4.33 Å². The van der Waals surface area contributed by atoms with Crippen LogP contribution in [-0.4, -0.2) is 26.1 Å². The predicted molar refractivity (Wildman–Crippen MR) is 91.5 cm³/mol. The third-order valence-electron chi connectivity index (χ3n) is 5.14. The molecule has 1 aromatic carbocycles. The van der Waals surface area contributed by atoms with Crippen LogP contribution >= 0.6 is 34.8 Å². The fraction of sp³-hybridized carbons (Fsp3) is 0.529. The van der Waals surface area contributed by atoms with Crippen molar-refractivity contribution in [3.63, 3.8) is 0 Å². The predicted octanol–water partition coefficient (Wildman–Crippen LogP) is 4.43. The molecule has 0 unspecified atom stereocenters. The van der Waals surface area contributed by atoms with Gasteiger partial charge in [-0.2, -0.15) is 5.26 Å². The number of rotatable bonds is 2. The number of alkyl halides is 3. The highest BCUT2D eigenvalue weighted by atomic mass is 35.5. The fourth-order valence-corrected chi connectivity index (χ4v) is 5.04. The number of amides is 1.